The SMILES string of the molecule is COc1cccc(C)c1C(=O)c1c(C)cc(C)cc1C(=O)NN. The van der Waals surface area contributed by atoms with Crippen LogP contribution in [0.2, 0.25) is 0 Å². The zero-order valence-electron chi connectivity index (χ0n) is 13.7. The molecule has 0 bridgehead atoms. The third-order valence-electron chi connectivity index (χ3n) is 3.76. The molecule has 0 unspecified atom stereocenters. The predicted octanol–water partition coefficient (Wildman–Crippen LogP) is 2.45. The Morgan fingerprint density at radius 1 is 1.04 bits per heavy atom. The number of rotatable bonds is 4. The molecule has 0 spiro atoms. The minimum absolute atomic E-state index is 0.254. The first-order valence-corrected chi connectivity index (χ1v) is 7.21. The molecule has 0 aliphatic heterocycles. The van der Waals surface area contributed by atoms with Crippen LogP contribution in [-0.4, -0.2) is 18.8 Å². The number of hydrogen-bond acceptors (Lipinski definition) is 4. The number of carbonyl (C=O) groups excluding carboxylic acids is 2. The largest absolute Gasteiger partial charge is 0.496 e. The number of carbonyl (C=O) groups is 2. The number of amides is 1. The monoisotopic (exact) mass is 312 g/mol. The van der Waals surface area contributed by atoms with Crippen LogP contribution in [0.5, 0.6) is 5.75 Å². The summed E-state index contributed by atoms with van der Waals surface area (Å²) in [5, 5.41) is 0. The van der Waals surface area contributed by atoms with Crippen LogP contribution in [-0.2, 0) is 0 Å². The van der Waals surface area contributed by atoms with Crippen molar-refractivity contribution in [1.82, 2.24) is 5.43 Å². The summed E-state index contributed by atoms with van der Waals surface area (Å²) < 4.78 is 5.31. The van der Waals surface area contributed by atoms with E-state index in [9.17, 15) is 9.59 Å². The van der Waals surface area contributed by atoms with Crippen LogP contribution in [0.3, 0.4) is 0 Å². The van der Waals surface area contributed by atoms with Gasteiger partial charge in [0.1, 0.15) is 5.75 Å². The maximum absolute atomic E-state index is 13.1. The van der Waals surface area contributed by atoms with Crippen LogP contribution >= 0.6 is 0 Å². The van der Waals surface area contributed by atoms with Crippen molar-refractivity contribution < 1.29 is 14.3 Å². The highest BCUT2D eigenvalue weighted by molar-refractivity contribution is 6.17. The van der Waals surface area contributed by atoms with Gasteiger partial charge in [0, 0.05) is 5.56 Å². The first-order chi connectivity index (χ1) is 10.9. The van der Waals surface area contributed by atoms with Crippen molar-refractivity contribution in [1.29, 1.82) is 0 Å². The van der Waals surface area contributed by atoms with Gasteiger partial charge in [0.05, 0.1) is 18.2 Å². The van der Waals surface area contributed by atoms with Gasteiger partial charge in [-0.3, -0.25) is 15.0 Å². The van der Waals surface area contributed by atoms with Crippen molar-refractivity contribution in [2.45, 2.75) is 20.8 Å². The van der Waals surface area contributed by atoms with Gasteiger partial charge >= 0.3 is 0 Å². The third-order valence-corrected chi connectivity index (χ3v) is 3.76. The van der Waals surface area contributed by atoms with Gasteiger partial charge in [-0.25, -0.2) is 5.84 Å². The second-order valence-electron chi connectivity index (χ2n) is 5.46. The summed E-state index contributed by atoms with van der Waals surface area (Å²) in [6, 6.07) is 8.91. The number of nitrogens with one attached hydrogen (secondary N) is 1. The standard InChI is InChI=1S/C18H20N2O3/c1-10-8-12(3)15(13(9-10)18(22)20-19)17(21)16-11(2)6-5-7-14(16)23-4/h5-9H,19H2,1-4H3,(H,20,22). The molecule has 0 saturated carbocycles. The predicted molar refractivity (Wildman–Crippen MR) is 88.7 cm³/mol. The van der Waals surface area contributed by atoms with E-state index in [1.54, 1.807) is 19.1 Å². The smallest absolute Gasteiger partial charge is 0.265 e. The lowest BCUT2D eigenvalue weighted by atomic mass is 9.90. The van der Waals surface area contributed by atoms with Gasteiger partial charge in [0.15, 0.2) is 5.78 Å². The molecule has 23 heavy (non-hydrogen) atoms. The van der Waals surface area contributed by atoms with Crippen LogP contribution in [0.4, 0.5) is 0 Å². The normalized spacial score (nSPS) is 10.3. The van der Waals surface area contributed by atoms with Crippen LogP contribution in [0, 0.1) is 20.8 Å². The summed E-state index contributed by atoms with van der Waals surface area (Å²) in [4.78, 5) is 25.2. The van der Waals surface area contributed by atoms with Gasteiger partial charge in [-0.1, -0.05) is 23.8 Å². The third kappa shape index (κ3) is 3.10. The molecule has 5 heteroatoms. The minimum atomic E-state index is -0.493. The zero-order valence-corrected chi connectivity index (χ0v) is 13.7. The summed E-state index contributed by atoms with van der Waals surface area (Å²) in [5.74, 6) is 5.00. The molecule has 2 aromatic rings. The molecule has 0 radical (unpaired) electrons. The van der Waals surface area contributed by atoms with Crippen LogP contribution in [0.1, 0.15) is 43.0 Å². The number of hydrazine groups is 1. The van der Waals surface area contributed by atoms with Gasteiger partial charge in [-0.15, -0.1) is 0 Å². The van der Waals surface area contributed by atoms with Gasteiger partial charge < -0.3 is 4.74 Å². The average Bonchev–Trinajstić information content (AvgIpc) is 2.52. The van der Waals surface area contributed by atoms with Crippen molar-refractivity contribution in [3.05, 3.63) is 63.7 Å². The Bertz CT molecular complexity index is 782. The highest BCUT2D eigenvalue weighted by atomic mass is 16.5. The molecule has 2 rings (SSSR count). The van der Waals surface area contributed by atoms with Crippen molar-refractivity contribution >= 4 is 11.7 Å². The van der Waals surface area contributed by atoms with E-state index in [0.717, 1.165) is 16.7 Å². The molecule has 0 fully saturated rings. The zero-order chi connectivity index (χ0) is 17.1. The van der Waals surface area contributed by atoms with E-state index in [1.165, 1.54) is 7.11 Å². The van der Waals surface area contributed by atoms with Crippen molar-refractivity contribution in [3.8, 4) is 5.75 Å². The van der Waals surface area contributed by atoms with Gasteiger partial charge in [-0.05, 0) is 44.0 Å². The average molecular weight is 312 g/mol. The van der Waals surface area contributed by atoms with E-state index < -0.39 is 5.91 Å². The van der Waals surface area contributed by atoms with E-state index in [0.29, 0.717) is 16.9 Å². The summed E-state index contributed by atoms with van der Waals surface area (Å²) in [6.07, 6.45) is 0. The van der Waals surface area contributed by atoms with E-state index >= 15 is 0 Å². The maximum atomic E-state index is 13.1. The summed E-state index contributed by atoms with van der Waals surface area (Å²) in [7, 11) is 1.51. The Kier molecular flexibility index (Phi) is 4.81. The quantitative estimate of drug-likeness (QED) is 0.393. The van der Waals surface area contributed by atoms with Crippen molar-refractivity contribution in [3.63, 3.8) is 0 Å². The molecule has 0 saturated heterocycles. The minimum Gasteiger partial charge on any atom is -0.496 e. The fourth-order valence-electron chi connectivity index (χ4n) is 2.75. The molecular formula is C18H20N2O3. The summed E-state index contributed by atoms with van der Waals surface area (Å²) in [5.41, 5.74) is 5.55. The van der Waals surface area contributed by atoms with Crippen molar-refractivity contribution in [2.24, 2.45) is 5.84 Å². The second kappa shape index (κ2) is 6.62. The Morgan fingerprint density at radius 2 is 1.74 bits per heavy atom. The number of benzene rings is 2. The summed E-state index contributed by atoms with van der Waals surface area (Å²) in [6.45, 7) is 5.50. The fraction of sp³-hybridized carbons (Fsp3) is 0.222. The van der Waals surface area contributed by atoms with Gasteiger partial charge in [0.2, 0.25) is 0 Å². The second-order valence-corrected chi connectivity index (χ2v) is 5.46. The fourth-order valence-corrected chi connectivity index (χ4v) is 2.75. The number of aryl methyl sites for hydroxylation is 3. The first kappa shape index (κ1) is 16.7. The number of methoxy groups -OCH3 is 1. The Hall–Kier alpha value is -2.66. The Morgan fingerprint density at radius 3 is 2.35 bits per heavy atom. The molecule has 0 aliphatic carbocycles. The molecule has 0 heterocycles. The molecule has 0 aromatic heterocycles. The number of nitrogens with two attached hydrogens (primary N) is 1. The van der Waals surface area contributed by atoms with Crippen LogP contribution in [0.25, 0.3) is 0 Å². The summed E-state index contributed by atoms with van der Waals surface area (Å²) >= 11 is 0. The molecule has 3 N–H and O–H groups in total. The Labute approximate surface area is 135 Å². The topological polar surface area (TPSA) is 81.4 Å². The number of nitrogen functional groups attached to an aromatic ring is 1. The molecule has 120 valence electrons. The van der Waals surface area contributed by atoms with Crippen LogP contribution < -0.4 is 16.0 Å². The first-order valence-electron chi connectivity index (χ1n) is 7.21. The van der Waals surface area contributed by atoms with Crippen LogP contribution in [0.15, 0.2) is 30.3 Å². The molecule has 0 aliphatic rings. The molecule has 2 aromatic carbocycles. The number of ether oxygens (including phenoxy) is 1. The lowest BCUT2D eigenvalue weighted by molar-refractivity contribution is 0.0941. The van der Waals surface area contributed by atoms with Crippen molar-refractivity contribution in [2.75, 3.05) is 7.11 Å². The molecule has 5 nitrogen and oxygen atoms in total. The van der Waals surface area contributed by atoms with E-state index in [4.69, 9.17) is 10.6 Å². The number of ketones is 1. The highest BCUT2D eigenvalue weighted by Crippen LogP contribution is 2.28. The van der Waals surface area contributed by atoms with Gasteiger partial charge in [-0.2, -0.15) is 0 Å². The highest BCUT2D eigenvalue weighted by Gasteiger charge is 2.24. The molecule has 1 amide bonds. The van der Waals surface area contributed by atoms with E-state index in [2.05, 4.69) is 5.43 Å². The molecule has 0 atom stereocenters. The van der Waals surface area contributed by atoms with Gasteiger partial charge in [0.25, 0.3) is 5.91 Å². The maximum Gasteiger partial charge on any atom is 0.265 e. The number of hydrogen-bond donors (Lipinski definition) is 2. The lowest BCUT2D eigenvalue weighted by Gasteiger charge is -2.15. The molecular weight excluding hydrogens is 292 g/mol. The van der Waals surface area contributed by atoms with E-state index in [-0.39, 0.29) is 11.3 Å². The van der Waals surface area contributed by atoms with E-state index in [1.807, 2.05) is 32.0 Å². The lowest BCUT2D eigenvalue weighted by Crippen LogP contribution is -2.32. The Balaban J connectivity index is 2.72.